The Morgan fingerprint density at radius 3 is 2.65 bits per heavy atom. The van der Waals surface area contributed by atoms with Crippen molar-refractivity contribution in [3.8, 4) is 0 Å². The number of guanidine groups is 1. The summed E-state index contributed by atoms with van der Waals surface area (Å²) >= 11 is 0. The van der Waals surface area contributed by atoms with Crippen LogP contribution in [0.4, 0.5) is 0 Å². The topological polar surface area (TPSA) is 80.9 Å². The number of nitrogens with zero attached hydrogens (tertiary/aromatic N) is 2. The zero-order valence-corrected chi connectivity index (χ0v) is 16.8. The summed E-state index contributed by atoms with van der Waals surface area (Å²) in [4.78, 5) is 4.58. The van der Waals surface area contributed by atoms with E-state index in [0.717, 1.165) is 62.8 Å². The van der Waals surface area contributed by atoms with Crippen LogP contribution in [0.3, 0.4) is 0 Å². The van der Waals surface area contributed by atoms with E-state index in [2.05, 4.69) is 41.6 Å². The lowest BCUT2D eigenvalue weighted by molar-refractivity contribution is 0.0689. The molecule has 1 heterocycles. The van der Waals surface area contributed by atoms with E-state index < -0.39 is 0 Å². The molecule has 0 aliphatic carbocycles. The van der Waals surface area contributed by atoms with Gasteiger partial charge in [0.1, 0.15) is 6.54 Å². The highest BCUT2D eigenvalue weighted by atomic mass is 16.5. The van der Waals surface area contributed by atoms with Crippen LogP contribution in [0.25, 0.3) is 0 Å². The molecule has 0 saturated heterocycles. The number of hydrogen-bond acceptors (Lipinski definition) is 5. The van der Waals surface area contributed by atoms with Gasteiger partial charge in [-0.25, -0.2) is 4.99 Å². The number of unbranched alkanes of at least 4 members (excludes halogenated alkanes) is 1. The summed E-state index contributed by atoms with van der Waals surface area (Å²) in [5.41, 5.74) is 1.03. The van der Waals surface area contributed by atoms with E-state index in [1.807, 2.05) is 6.07 Å². The molecule has 0 unspecified atom stereocenters. The number of nitrogens with one attached hydrogen (secondary N) is 2. The first kappa shape index (κ1) is 22.4. The van der Waals surface area contributed by atoms with Gasteiger partial charge in [-0.15, -0.1) is 0 Å². The molecule has 0 spiro atoms. The molecule has 0 fully saturated rings. The molecule has 7 nitrogen and oxygen atoms in total. The van der Waals surface area contributed by atoms with Gasteiger partial charge in [-0.1, -0.05) is 19.0 Å². The van der Waals surface area contributed by atoms with Crippen LogP contribution >= 0.6 is 0 Å². The van der Waals surface area contributed by atoms with Crippen molar-refractivity contribution >= 4 is 5.96 Å². The van der Waals surface area contributed by atoms with Gasteiger partial charge < -0.3 is 24.6 Å². The van der Waals surface area contributed by atoms with Crippen molar-refractivity contribution in [2.24, 2.45) is 4.99 Å². The molecule has 0 saturated carbocycles. The molecule has 0 amide bonds. The standard InChI is InChI=1S/C19H36N4O3/c1-5-16(6-2)18-14-17(26-23-18)15-22-19(20-7-3)21-10-8-9-11-25-13-12-24-4/h14,16H,5-13,15H2,1-4H3,(H2,20,21,22). The summed E-state index contributed by atoms with van der Waals surface area (Å²) in [5, 5.41) is 10.8. The summed E-state index contributed by atoms with van der Waals surface area (Å²) < 4.78 is 15.8. The zero-order valence-electron chi connectivity index (χ0n) is 16.8. The summed E-state index contributed by atoms with van der Waals surface area (Å²) in [6.45, 7) is 10.6. The van der Waals surface area contributed by atoms with Crippen LogP contribution in [0.15, 0.2) is 15.6 Å². The maximum Gasteiger partial charge on any atom is 0.191 e. The minimum atomic E-state index is 0.467. The van der Waals surface area contributed by atoms with E-state index in [-0.39, 0.29) is 0 Å². The summed E-state index contributed by atoms with van der Waals surface area (Å²) in [7, 11) is 1.68. The highest BCUT2D eigenvalue weighted by molar-refractivity contribution is 5.79. The van der Waals surface area contributed by atoms with Crippen LogP contribution in [-0.4, -0.2) is 51.1 Å². The lowest BCUT2D eigenvalue weighted by Crippen LogP contribution is -2.37. The smallest absolute Gasteiger partial charge is 0.191 e. The van der Waals surface area contributed by atoms with Gasteiger partial charge in [-0.2, -0.15) is 0 Å². The molecule has 0 bridgehead atoms. The minimum Gasteiger partial charge on any atom is -0.382 e. The molecule has 2 N–H and O–H groups in total. The average molecular weight is 369 g/mol. The maximum atomic E-state index is 5.46. The third kappa shape index (κ3) is 9.20. The Kier molecular flexibility index (Phi) is 12.6. The first-order valence-electron chi connectivity index (χ1n) is 9.79. The fourth-order valence-electron chi connectivity index (χ4n) is 2.58. The van der Waals surface area contributed by atoms with Crippen molar-refractivity contribution in [2.45, 2.75) is 58.9 Å². The minimum absolute atomic E-state index is 0.467. The van der Waals surface area contributed by atoms with Crippen molar-refractivity contribution in [1.82, 2.24) is 15.8 Å². The number of aliphatic imine (C=N–C) groups is 1. The van der Waals surface area contributed by atoms with Gasteiger partial charge in [0.15, 0.2) is 11.7 Å². The monoisotopic (exact) mass is 368 g/mol. The SMILES string of the molecule is CCNC(=NCc1cc(C(CC)CC)no1)NCCCCOCCOC. The molecule has 0 aromatic carbocycles. The molecular formula is C19H36N4O3. The molecule has 0 aliphatic heterocycles. The van der Waals surface area contributed by atoms with Gasteiger partial charge >= 0.3 is 0 Å². The van der Waals surface area contributed by atoms with Crippen molar-refractivity contribution in [2.75, 3.05) is 40.0 Å². The van der Waals surface area contributed by atoms with Crippen molar-refractivity contribution in [3.63, 3.8) is 0 Å². The van der Waals surface area contributed by atoms with Gasteiger partial charge in [0.05, 0.1) is 18.9 Å². The van der Waals surface area contributed by atoms with Crippen LogP contribution in [-0.2, 0) is 16.0 Å². The van der Waals surface area contributed by atoms with Crippen molar-refractivity contribution in [3.05, 3.63) is 17.5 Å². The van der Waals surface area contributed by atoms with E-state index in [1.54, 1.807) is 7.11 Å². The van der Waals surface area contributed by atoms with E-state index >= 15 is 0 Å². The molecule has 0 aliphatic rings. The predicted octanol–water partition coefficient (Wildman–Crippen LogP) is 3.08. The lowest BCUT2D eigenvalue weighted by Gasteiger charge is -2.10. The Labute approximate surface area is 157 Å². The highest BCUT2D eigenvalue weighted by Crippen LogP contribution is 2.22. The van der Waals surface area contributed by atoms with E-state index in [0.29, 0.717) is 25.7 Å². The first-order valence-corrected chi connectivity index (χ1v) is 9.79. The Hall–Kier alpha value is -1.60. The van der Waals surface area contributed by atoms with Gasteiger partial charge in [0.25, 0.3) is 0 Å². The number of ether oxygens (including phenoxy) is 2. The van der Waals surface area contributed by atoms with Crippen LogP contribution in [0, 0.1) is 0 Å². The molecule has 0 radical (unpaired) electrons. The van der Waals surface area contributed by atoms with Gasteiger partial charge in [0.2, 0.25) is 0 Å². The molecule has 0 atom stereocenters. The Bertz CT molecular complexity index is 487. The molecule has 1 aromatic rings. The fourth-order valence-corrected chi connectivity index (χ4v) is 2.58. The maximum absolute atomic E-state index is 5.46. The fraction of sp³-hybridized carbons (Fsp3) is 0.789. The number of aromatic nitrogens is 1. The van der Waals surface area contributed by atoms with E-state index in [9.17, 15) is 0 Å². The summed E-state index contributed by atoms with van der Waals surface area (Å²) in [5.74, 6) is 2.07. The van der Waals surface area contributed by atoms with E-state index in [1.165, 1.54) is 0 Å². The van der Waals surface area contributed by atoms with Gasteiger partial charge in [0, 0.05) is 38.8 Å². The Morgan fingerprint density at radius 2 is 1.96 bits per heavy atom. The largest absolute Gasteiger partial charge is 0.382 e. The second-order valence-corrected chi connectivity index (χ2v) is 6.17. The van der Waals surface area contributed by atoms with Crippen LogP contribution in [0.2, 0.25) is 0 Å². The van der Waals surface area contributed by atoms with Crippen molar-refractivity contribution in [1.29, 1.82) is 0 Å². The van der Waals surface area contributed by atoms with Gasteiger partial charge in [-0.3, -0.25) is 0 Å². The van der Waals surface area contributed by atoms with Crippen LogP contribution in [0.5, 0.6) is 0 Å². The number of hydrogen-bond donors (Lipinski definition) is 2. The van der Waals surface area contributed by atoms with Crippen molar-refractivity contribution < 1.29 is 14.0 Å². The first-order chi connectivity index (χ1) is 12.7. The van der Waals surface area contributed by atoms with E-state index in [4.69, 9.17) is 14.0 Å². The number of methoxy groups -OCH3 is 1. The zero-order chi connectivity index (χ0) is 19.0. The van der Waals surface area contributed by atoms with Gasteiger partial charge in [-0.05, 0) is 32.6 Å². The Balaban J connectivity index is 2.34. The highest BCUT2D eigenvalue weighted by Gasteiger charge is 2.12. The predicted molar refractivity (Wildman–Crippen MR) is 105 cm³/mol. The Morgan fingerprint density at radius 1 is 1.15 bits per heavy atom. The third-order valence-electron chi connectivity index (χ3n) is 4.16. The molecule has 26 heavy (non-hydrogen) atoms. The third-order valence-corrected chi connectivity index (χ3v) is 4.16. The second kappa shape index (κ2) is 14.6. The molecule has 1 rings (SSSR count). The normalized spacial score (nSPS) is 12.0. The average Bonchev–Trinajstić information content (AvgIpc) is 3.11. The van der Waals surface area contributed by atoms with Crippen LogP contribution < -0.4 is 10.6 Å². The molecule has 1 aromatic heterocycles. The molecular weight excluding hydrogens is 332 g/mol. The number of rotatable bonds is 14. The second-order valence-electron chi connectivity index (χ2n) is 6.17. The summed E-state index contributed by atoms with van der Waals surface area (Å²) in [6.07, 6.45) is 4.19. The van der Waals surface area contributed by atoms with Crippen LogP contribution in [0.1, 0.15) is 63.8 Å². The summed E-state index contributed by atoms with van der Waals surface area (Å²) in [6, 6.07) is 2.03. The quantitative estimate of drug-likeness (QED) is 0.298. The lowest BCUT2D eigenvalue weighted by atomic mass is 9.99. The molecule has 7 heteroatoms. The molecule has 150 valence electrons.